The lowest BCUT2D eigenvalue weighted by atomic mass is 10.1. The van der Waals surface area contributed by atoms with Crippen LogP contribution in [0.2, 0.25) is 5.02 Å². The molecule has 0 atom stereocenters. The Morgan fingerprint density at radius 3 is 2.63 bits per heavy atom. The van der Waals surface area contributed by atoms with Gasteiger partial charge in [0.25, 0.3) is 11.6 Å². The molecular weight excluding hydrogens is 270 g/mol. The lowest BCUT2D eigenvalue weighted by molar-refractivity contribution is -0.384. The highest BCUT2D eigenvalue weighted by Gasteiger charge is 2.21. The molecule has 1 saturated heterocycles. The zero-order chi connectivity index (χ0) is 13.8. The zero-order valence-corrected chi connectivity index (χ0v) is 11.0. The first-order chi connectivity index (χ1) is 9.09. The number of carbonyl (C=O) groups excluding carboxylic acids is 1. The van der Waals surface area contributed by atoms with Crippen LogP contribution in [0.25, 0.3) is 0 Å². The molecule has 1 aliphatic rings. The van der Waals surface area contributed by atoms with E-state index in [4.69, 9.17) is 11.6 Å². The van der Waals surface area contributed by atoms with Crippen LogP contribution in [0.3, 0.4) is 0 Å². The Hall–Kier alpha value is -1.66. The van der Waals surface area contributed by atoms with Crippen molar-refractivity contribution in [1.29, 1.82) is 0 Å². The summed E-state index contributed by atoms with van der Waals surface area (Å²) in [4.78, 5) is 22.2. The fourth-order valence-corrected chi connectivity index (χ4v) is 2.33. The topological polar surface area (TPSA) is 75.5 Å². The number of nitrogens with zero attached hydrogens (tertiary/aromatic N) is 2. The largest absolute Gasteiger partial charge is 0.288 e. The smallest absolute Gasteiger partial charge is 0.285 e. The third-order valence-corrected chi connectivity index (χ3v) is 3.43. The second-order valence-corrected chi connectivity index (χ2v) is 4.76. The molecule has 102 valence electrons. The van der Waals surface area contributed by atoms with Gasteiger partial charge >= 0.3 is 0 Å². The van der Waals surface area contributed by atoms with E-state index in [1.165, 1.54) is 18.2 Å². The van der Waals surface area contributed by atoms with Crippen molar-refractivity contribution in [3.63, 3.8) is 0 Å². The van der Waals surface area contributed by atoms with E-state index in [9.17, 15) is 14.9 Å². The highest BCUT2D eigenvalue weighted by Crippen LogP contribution is 2.27. The number of piperidine rings is 1. The molecule has 7 heteroatoms. The van der Waals surface area contributed by atoms with Crippen molar-refractivity contribution in [2.24, 2.45) is 0 Å². The van der Waals surface area contributed by atoms with Gasteiger partial charge in [-0.3, -0.25) is 20.3 Å². The van der Waals surface area contributed by atoms with Crippen molar-refractivity contribution in [3.8, 4) is 0 Å². The molecule has 0 saturated carbocycles. The summed E-state index contributed by atoms with van der Waals surface area (Å²) in [6, 6.07) is 4.21. The molecule has 1 heterocycles. The van der Waals surface area contributed by atoms with Crippen LogP contribution in [-0.2, 0) is 0 Å². The maximum Gasteiger partial charge on any atom is 0.288 e. The van der Waals surface area contributed by atoms with Crippen molar-refractivity contribution < 1.29 is 9.72 Å². The predicted molar refractivity (Wildman–Crippen MR) is 71.0 cm³/mol. The highest BCUT2D eigenvalue weighted by molar-refractivity contribution is 6.35. The Bertz CT molecular complexity index is 501. The van der Waals surface area contributed by atoms with Crippen LogP contribution in [0.5, 0.6) is 0 Å². The Balaban J connectivity index is 2.14. The molecule has 1 aromatic rings. The van der Waals surface area contributed by atoms with Gasteiger partial charge in [0.2, 0.25) is 0 Å². The molecule has 0 bridgehead atoms. The summed E-state index contributed by atoms with van der Waals surface area (Å²) >= 11 is 5.90. The Kier molecular flexibility index (Phi) is 4.34. The number of nitro groups is 1. The number of rotatable bonds is 3. The summed E-state index contributed by atoms with van der Waals surface area (Å²) in [6.07, 6.45) is 3.22. The Labute approximate surface area is 115 Å². The number of nitrogens with one attached hydrogen (secondary N) is 1. The predicted octanol–water partition coefficient (Wildman–Crippen LogP) is 2.38. The standard InChI is InChI=1S/C12H14ClN3O3/c13-11-9(5-4-6-10(11)16(18)19)12(17)14-15-7-2-1-3-8-15/h4-6H,1-3,7-8H2,(H,14,17). The third-order valence-electron chi connectivity index (χ3n) is 3.04. The van der Waals surface area contributed by atoms with Crippen molar-refractivity contribution in [2.75, 3.05) is 13.1 Å². The molecule has 1 amide bonds. The average Bonchev–Trinajstić information content (AvgIpc) is 2.39. The second kappa shape index (κ2) is 5.99. The molecule has 0 aliphatic carbocycles. The minimum absolute atomic E-state index is 0.123. The van der Waals surface area contributed by atoms with E-state index < -0.39 is 10.8 Å². The molecule has 1 aliphatic heterocycles. The van der Waals surface area contributed by atoms with Gasteiger partial charge in [0.1, 0.15) is 5.02 Å². The minimum Gasteiger partial charge on any atom is -0.285 e. The van der Waals surface area contributed by atoms with E-state index in [1.807, 2.05) is 5.01 Å². The second-order valence-electron chi connectivity index (χ2n) is 4.38. The summed E-state index contributed by atoms with van der Waals surface area (Å²) in [7, 11) is 0. The quantitative estimate of drug-likeness (QED) is 0.682. The van der Waals surface area contributed by atoms with Crippen LogP contribution in [0.15, 0.2) is 18.2 Å². The number of amides is 1. The van der Waals surface area contributed by atoms with Crippen LogP contribution in [0, 0.1) is 10.1 Å². The van der Waals surface area contributed by atoms with Gasteiger partial charge < -0.3 is 0 Å². The maximum atomic E-state index is 12.0. The maximum absolute atomic E-state index is 12.0. The number of hydrazine groups is 1. The molecule has 1 N–H and O–H groups in total. The summed E-state index contributed by atoms with van der Waals surface area (Å²) in [5, 5.41) is 12.5. The molecule has 0 radical (unpaired) electrons. The molecule has 0 spiro atoms. The van der Waals surface area contributed by atoms with Crippen LogP contribution < -0.4 is 5.43 Å². The summed E-state index contributed by atoms with van der Waals surface area (Å²) in [6.45, 7) is 1.58. The Morgan fingerprint density at radius 2 is 2.00 bits per heavy atom. The first-order valence-corrected chi connectivity index (χ1v) is 6.46. The van der Waals surface area contributed by atoms with Gasteiger partial charge in [0.15, 0.2) is 0 Å². The summed E-state index contributed by atoms with van der Waals surface area (Å²) < 4.78 is 0. The first kappa shape index (κ1) is 13.8. The van der Waals surface area contributed by atoms with Crippen LogP contribution in [-0.4, -0.2) is 28.9 Å². The van der Waals surface area contributed by atoms with Crippen LogP contribution >= 0.6 is 11.6 Å². The van der Waals surface area contributed by atoms with Gasteiger partial charge in [-0.1, -0.05) is 24.1 Å². The lowest BCUT2D eigenvalue weighted by Gasteiger charge is -2.26. The van der Waals surface area contributed by atoms with Crippen LogP contribution in [0.1, 0.15) is 29.6 Å². The van der Waals surface area contributed by atoms with Gasteiger partial charge in [-0.05, 0) is 18.9 Å². The summed E-state index contributed by atoms with van der Waals surface area (Å²) in [5.41, 5.74) is 2.60. The molecule has 19 heavy (non-hydrogen) atoms. The fraction of sp³-hybridized carbons (Fsp3) is 0.417. The average molecular weight is 284 g/mol. The fourth-order valence-electron chi connectivity index (χ4n) is 2.05. The van der Waals surface area contributed by atoms with Crippen molar-refractivity contribution in [2.45, 2.75) is 19.3 Å². The van der Waals surface area contributed by atoms with Gasteiger partial charge in [0.05, 0.1) is 10.5 Å². The van der Waals surface area contributed by atoms with Crippen molar-refractivity contribution >= 4 is 23.2 Å². The Morgan fingerprint density at radius 1 is 1.32 bits per heavy atom. The first-order valence-electron chi connectivity index (χ1n) is 6.08. The van der Waals surface area contributed by atoms with E-state index in [2.05, 4.69) is 5.43 Å². The van der Waals surface area contributed by atoms with Gasteiger partial charge in [0, 0.05) is 19.2 Å². The van der Waals surface area contributed by atoms with Crippen LogP contribution in [0.4, 0.5) is 5.69 Å². The van der Waals surface area contributed by atoms with Gasteiger partial charge in [-0.25, -0.2) is 5.01 Å². The molecule has 0 unspecified atom stereocenters. The molecule has 1 aromatic carbocycles. The molecule has 0 aromatic heterocycles. The zero-order valence-electron chi connectivity index (χ0n) is 10.3. The third kappa shape index (κ3) is 3.21. The van der Waals surface area contributed by atoms with E-state index in [0.29, 0.717) is 0 Å². The molecule has 1 fully saturated rings. The number of nitro benzene ring substituents is 1. The monoisotopic (exact) mass is 283 g/mol. The molecule has 6 nitrogen and oxygen atoms in total. The SMILES string of the molecule is O=C(NN1CCCCC1)c1cccc([N+](=O)[O-])c1Cl. The number of halogens is 1. The minimum atomic E-state index is -0.597. The van der Waals surface area contributed by atoms with Gasteiger partial charge in [-0.2, -0.15) is 0 Å². The van der Waals surface area contributed by atoms with Crippen molar-refractivity contribution in [1.82, 2.24) is 10.4 Å². The van der Waals surface area contributed by atoms with E-state index in [0.717, 1.165) is 32.4 Å². The van der Waals surface area contributed by atoms with Crippen molar-refractivity contribution in [3.05, 3.63) is 38.9 Å². The number of carbonyl (C=O) groups is 1. The van der Waals surface area contributed by atoms with E-state index >= 15 is 0 Å². The summed E-state index contributed by atoms with van der Waals surface area (Å²) in [5.74, 6) is -0.407. The normalized spacial score (nSPS) is 16.1. The van der Waals surface area contributed by atoms with E-state index in [-0.39, 0.29) is 16.3 Å². The number of benzene rings is 1. The molecular formula is C12H14ClN3O3. The number of hydrogen-bond acceptors (Lipinski definition) is 4. The molecule has 2 rings (SSSR count). The van der Waals surface area contributed by atoms with Gasteiger partial charge in [-0.15, -0.1) is 0 Å². The lowest BCUT2D eigenvalue weighted by Crippen LogP contribution is -2.45. The highest BCUT2D eigenvalue weighted by atomic mass is 35.5. The van der Waals surface area contributed by atoms with E-state index in [1.54, 1.807) is 0 Å². The number of hydrogen-bond donors (Lipinski definition) is 1.